The molecule has 23 heavy (non-hydrogen) atoms. The number of amides is 1. The number of aliphatic hydroxyl groups excluding tert-OH is 1. The number of carbonyl (C=O) groups is 1. The lowest BCUT2D eigenvalue weighted by molar-refractivity contribution is -0.234. The molecule has 1 amide bonds. The van der Waals surface area contributed by atoms with E-state index < -0.39 is 30.0 Å². The summed E-state index contributed by atoms with van der Waals surface area (Å²) in [5.41, 5.74) is -0.680. The third kappa shape index (κ3) is 2.80. The Morgan fingerprint density at radius 3 is 2.78 bits per heavy atom. The van der Waals surface area contributed by atoms with Gasteiger partial charge < -0.3 is 14.7 Å². The predicted octanol–water partition coefficient (Wildman–Crippen LogP) is 3.05. The van der Waals surface area contributed by atoms with E-state index in [9.17, 15) is 18.7 Å². The standard InChI is InChI=1S/C17H21F2NO3/c18-17(19)14-7-4-8-16(17,12-21)11-20(9-14)15(22)23-10-13-5-2-1-3-6-13/h1-3,5-6,14,21H,4,7-12H2. The zero-order valence-electron chi connectivity index (χ0n) is 12.9. The van der Waals surface area contributed by atoms with Crippen molar-refractivity contribution < 1.29 is 23.4 Å². The smallest absolute Gasteiger partial charge is 0.410 e. The quantitative estimate of drug-likeness (QED) is 0.929. The maximum atomic E-state index is 14.5. The molecule has 1 aromatic rings. The summed E-state index contributed by atoms with van der Waals surface area (Å²) in [7, 11) is 0. The molecule has 1 heterocycles. The first-order chi connectivity index (χ1) is 11.0. The molecule has 2 bridgehead atoms. The van der Waals surface area contributed by atoms with Crippen LogP contribution in [0.15, 0.2) is 30.3 Å². The molecule has 0 spiro atoms. The fraction of sp³-hybridized carbons (Fsp3) is 0.588. The molecule has 0 aromatic heterocycles. The van der Waals surface area contributed by atoms with E-state index in [2.05, 4.69) is 0 Å². The number of piperidine rings is 1. The maximum absolute atomic E-state index is 14.5. The zero-order chi connectivity index (χ0) is 16.5. The second-order valence-electron chi connectivity index (χ2n) is 6.57. The molecule has 4 nitrogen and oxygen atoms in total. The van der Waals surface area contributed by atoms with Crippen molar-refractivity contribution in [3.8, 4) is 0 Å². The van der Waals surface area contributed by atoms with Gasteiger partial charge in [-0.05, 0) is 18.4 Å². The number of fused-ring (bicyclic) bond motifs is 2. The van der Waals surface area contributed by atoms with Gasteiger partial charge in [-0.15, -0.1) is 0 Å². The highest BCUT2D eigenvalue weighted by atomic mass is 19.3. The average Bonchev–Trinajstić information content (AvgIpc) is 2.53. The van der Waals surface area contributed by atoms with Crippen LogP contribution < -0.4 is 0 Å². The van der Waals surface area contributed by atoms with Gasteiger partial charge in [-0.25, -0.2) is 13.6 Å². The Hall–Kier alpha value is -1.69. The molecule has 2 unspecified atom stereocenters. The summed E-state index contributed by atoms with van der Waals surface area (Å²) in [6.45, 7) is -0.661. The van der Waals surface area contributed by atoms with E-state index in [1.165, 1.54) is 4.90 Å². The molecule has 1 saturated carbocycles. The van der Waals surface area contributed by atoms with Gasteiger partial charge in [-0.2, -0.15) is 0 Å². The van der Waals surface area contributed by atoms with Crippen LogP contribution in [0.1, 0.15) is 24.8 Å². The van der Waals surface area contributed by atoms with E-state index in [0.717, 1.165) is 5.56 Å². The minimum Gasteiger partial charge on any atom is -0.445 e. The number of carbonyl (C=O) groups excluding carboxylic acids is 1. The third-order valence-corrected chi connectivity index (χ3v) is 5.13. The van der Waals surface area contributed by atoms with E-state index in [-0.39, 0.29) is 26.1 Å². The topological polar surface area (TPSA) is 49.8 Å². The molecule has 126 valence electrons. The number of halogens is 2. The van der Waals surface area contributed by atoms with Crippen LogP contribution in [0.5, 0.6) is 0 Å². The van der Waals surface area contributed by atoms with E-state index in [0.29, 0.717) is 12.8 Å². The zero-order valence-corrected chi connectivity index (χ0v) is 12.9. The number of hydrogen-bond acceptors (Lipinski definition) is 3. The molecular weight excluding hydrogens is 304 g/mol. The van der Waals surface area contributed by atoms with Gasteiger partial charge in [0.1, 0.15) is 6.61 Å². The minimum atomic E-state index is -2.93. The molecule has 2 fully saturated rings. The molecular formula is C17H21F2NO3. The fourth-order valence-corrected chi connectivity index (χ4v) is 3.74. The number of alkyl halides is 2. The largest absolute Gasteiger partial charge is 0.445 e. The number of rotatable bonds is 3. The van der Waals surface area contributed by atoms with Crippen molar-refractivity contribution in [3.63, 3.8) is 0 Å². The average molecular weight is 325 g/mol. The molecule has 1 aliphatic carbocycles. The summed E-state index contributed by atoms with van der Waals surface area (Å²) in [4.78, 5) is 13.6. The highest BCUT2D eigenvalue weighted by Crippen LogP contribution is 2.54. The maximum Gasteiger partial charge on any atom is 0.410 e. The van der Waals surface area contributed by atoms with Crippen LogP contribution in [0.3, 0.4) is 0 Å². The molecule has 0 radical (unpaired) electrons. The van der Waals surface area contributed by atoms with Crippen molar-refractivity contribution in [3.05, 3.63) is 35.9 Å². The Kier molecular flexibility index (Phi) is 4.27. The van der Waals surface area contributed by atoms with Gasteiger partial charge in [-0.1, -0.05) is 36.8 Å². The van der Waals surface area contributed by atoms with E-state index in [1.54, 1.807) is 0 Å². The predicted molar refractivity (Wildman–Crippen MR) is 80.0 cm³/mol. The molecule has 6 heteroatoms. The van der Waals surface area contributed by atoms with Gasteiger partial charge in [0, 0.05) is 19.0 Å². The van der Waals surface area contributed by atoms with Crippen molar-refractivity contribution >= 4 is 6.09 Å². The molecule has 1 saturated heterocycles. The summed E-state index contributed by atoms with van der Waals surface area (Å²) in [5, 5.41) is 9.58. The summed E-state index contributed by atoms with van der Waals surface area (Å²) in [6.07, 6.45) is 0.675. The number of benzene rings is 1. The summed E-state index contributed by atoms with van der Waals surface area (Å²) >= 11 is 0. The van der Waals surface area contributed by atoms with Crippen molar-refractivity contribution in [2.24, 2.45) is 11.3 Å². The summed E-state index contributed by atoms with van der Waals surface area (Å²) < 4.78 is 34.3. The first kappa shape index (κ1) is 16.2. The molecule has 1 aliphatic heterocycles. The van der Waals surface area contributed by atoms with Crippen LogP contribution in [-0.4, -0.2) is 41.7 Å². The fourth-order valence-electron chi connectivity index (χ4n) is 3.74. The Morgan fingerprint density at radius 2 is 2.09 bits per heavy atom. The molecule has 1 aromatic carbocycles. The van der Waals surface area contributed by atoms with Crippen molar-refractivity contribution in [1.82, 2.24) is 4.90 Å². The van der Waals surface area contributed by atoms with Crippen LogP contribution >= 0.6 is 0 Å². The van der Waals surface area contributed by atoms with Crippen LogP contribution in [0.4, 0.5) is 13.6 Å². The highest BCUT2D eigenvalue weighted by Gasteiger charge is 2.63. The normalized spacial score (nSPS) is 29.2. The third-order valence-electron chi connectivity index (χ3n) is 5.13. The Morgan fingerprint density at radius 1 is 1.35 bits per heavy atom. The Balaban J connectivity index is 1.68. The van der Waals surface area contributed by atoms with Gasteiger partial charge in [0.25, 0.3) is 5.92 Å². The Labute approximate surface area is 134 Å². The molecule has 3 rings (SSSR count). The second-order valence-corrected chi connectivity index (χ2v) is 6.57. The molecule has 2 aliphatic rings. The first-order valence-corrected chi connectivity index (χ1v) is 7.93. The van der Waals surface area contributed by atoms with E-state index in [1.807, 2.05) is 30.3 Å². The lowest BCUT2D eigenvalue weighted by Crippen LogP contribution is -2.65. The second kappa shape index (κ2) is 6.07. The van der Waals surface area contributed by atoms with Crippen molar-refractivity contribution in [1.29, 1.82) is 0 Å². The highest BCUT2D eigenvalue weighted by molar-refractivity contribution is 5.68. The van der Waals surface area contributed by atoms with Crippen LogP contribution in [-0.2, 0) is 11.3 Å². The van der Waals surface area contributed by atoms with E-state index in [4.69, 9.17) is 4.74 Å². The summed E-state index contributed by atoms with van der Waals surface area (Å²) in [5.74, 6) is -3.84. The van der Waals surface area contributed by atoms with Crippen LogP contribution in [0, 0.1) is 11.3 Å². The van der Waals surface area contributed by atoms with Gasteiger partial charge in [0.15, 0.2) is 0 Å². The molecule has 2 atom stereocenters. The lowest BCUT2D eigenvalue weighted by Gasteiger charge is -2.53. The molecule has 1 N–H and O–H groups in total. The van der Waals surface area contributed by atoms with Gasteiger partial charge in [0.05, 0.1) is 12.0 Å². The lowest BCUT2D eigenvalue weighted by atomic mass is 9.64. The summed E-state index contributed by atoms with van der Waals surface area (Å²) in [6, 6.07) is 9.22. The Bertz CT molecular complexity index is 566. The number of aliphatic hydroxyl groups is 1. The van der Waals surface area contributed by atoms with Gasteiger partial charge in [-0.3, -0.25) is 0 Å². The number of likely N-dealkylation sites (tertiary alicyclic amines) is 1. The van der Waals surface area contributed by atoms with E-state index >= 15 is 0 Å². The number of ether oxygens (including phenoxy) is 1. The van der Waals surface area contributed by atoms with Crippen LogP contribution in [0.25, 0.3) is 0 Å². The van der Waals surface area contributed by atoms with Crippen LogP contribution in [0.2, 0.25) is 0 Å². The first-order valence-electron chi connectivity index (χ1n) is 7.93. The van der Waals surface area contributed by atoms with Crippen molar-refractivity contribution in [2.75, 3.05) is 19.7 Å². The SMILES string of the molecule is O=C(OCc1ccccc1)N1CC2CCCC(CO)(C1)C2(F)F. The van der Waals surface area contributed by atoms with Gasteiger partial charge in [0.2, 0.25) is 0 Å². The monoisotopic (exact) mass is 325 g/mol. The number of nitrogens with zero attached hydrogens (tertiary/aromatic N) is 1. The van der Waals surface area contributed by atoms with Crippen molar-refractivity contribution in [2.45, 2.75) is 31.8 Å². The number of hydrogen-bond donors (Lipinski definition) is 1. The minimum absolute atomic E-state index is 0.0115. The van der Waals surface area contributed by atoms with Gasteiger partial charge >= 0.3 is 6.09 Å².